The molecular weight excluding hydrogens is 536 g/mol. The van der Waals surface area contributed by atoms with E-state index < -0.39 is 0 Å². The first kappa shape index (κ1) is 25.7. The van der Waals surface area contributed by atoms with Gasteiger partial charge in [-0.15, -0.1) is 0 Å². The van der Waals surface area contributed by atoms with Crippen molar-refractivity contribution in [2.45, 2.75) is 0 Å². The summed E-state index contributed by atoms with van der Waals surface area (Å²) in [6.45, 7) is 0. The average molecular weight is 563 g/mol. The summed E-state index contributed by atoms with van der Waals surface area (Å²) in [5.74, 6) is 0. The van der Waals surface area contributed by atoms with Crippen LogP contribution in [-0.4, -0.2) is 19.9 Å². The summed E-state index contributed by atoms with van der Waals surface area (Å²) >= 11 is 0. The van der Waals surface area contributed by atoms with E-state index in [4.69, 9.17) is 0 Å². The van der Waals surface area contributed by atoms with Crippen molar-refractivity contribution in [3.05, 3.63) is 159 Å². The van der Waals surface area contributed by atoms with E-state index >= 15 is 0 Å². The number of hydrogen-bond donors (Lipinski definition) is 0. The molecular formula is C40H26N4. The van der Waals surface area contributed by atoms with Gasteiger partial charge in [0.05, 0.1) is 0 Å². The number of aromatic nitrogens is 4. The third-order valence-corrected chi connectivity index (χ3v) is 8.28. The molecule has 0 aromatic carbocycles. The van der Waals surface area contributed by atoms with Gasteiger partial charge in [0.2, 0.25) is 0 Å². The maximum Gasteiger partial charge on any atom is 0.0273 e. The number of pyridine rings is 4. The zero-order chi connectivity index (χ0) is 29.3. The highest BCUT2D eigenvalue weighted by Gasteiger charge is 2.33. The van der Waals surface area contributed by atoms with Crippen LogP contribution in [0.2, 0.25) is 0 Å². The lowest BCUT2D eigenvalue weighted by Crippen LogP contribution is -1.89. The fraction of sp³-hybridized carbons (Fsp3) is 0. The standard InChI is InChI=1S/C40H26N4/c1-3-7-31-32(8-4-1)36(28-13-21-42-22-14-28)39(35(31)27-11-19-41-20-12-27)40-37(29-15-23-43-24-16-29)33-9-5-2-6-10-34(33)38(40)30-17-25-44-26-18-30/h1-26H. The predicted octanol–water partition coefficient (Wildman–Crippen LogP) is 9.81. The Labute approximate surface area is 256 Å². The molecule has 4 aliphatic rings. The lowest BCUT2D eigenvalue weighted by atomic mass is 9.87. The Morgan fingerprint density at radius 1 is 0.227 bits per heavy atom. The molecule has 44 heavy (non-hydrogen) atoms. The van der Waals surface area contributed by atoms with Crippen molar-refractivity contribution in [2.75, 3.05) is 0 Å². The van der Waals surface area contributed by atoms with Gasteiger partial charge in [-0.05, 0) is 126 Å². The van der Waals surface area contributed by atoms with Gasteiger partial charge in [0.1, 0.15) is 0 Å². The minimum absolute atomic E-state index is 1.11. The van der Waals surface area contributed by atoms with Gasteiger partial charge in [-0.2, -0.15) is 0 Å². The van der Waals surface area contributed by atoms with E-state index in [0.717, 1.165) is 22.3 Å². The van der Waals surface area contributed by atoms with Gasteiger partial charge in [0, 0.05) is 49.6 Å². The summed E-state index contributed by atoms with van der Waals surface area (Å²) in [4.78, 5) is 17.5. The molecule has 0 saturated carbocycles. The Balaban J connectivity index is 1.66. The number of hydrogen-bond acceptors (Lipinski definition) is 4. The monoisotopic (exact) mass is 562 g/mol. The fourth-order valence-corrected chi connectivity index (χ4v) is 6.53. The molecule has 0 unspecified atom stereocenters. The fourth-order valence-electron chi connectivity index (χ4n) is 6.53. The second-order valence-electron chi connectivity index (χ2n) is 10.7. The Morgan fingerprint density at radius 3 is 0.682 bits per heavy atom. The van der Waals surface area contributed by atoms with Gasteiger partial charge in [-0.3, -0.25) is 19.9 Å². The largest absolute Gasteiger partial charge is 0.265 e. The van der Waals surface area contributed by atoms with E-state index in [-0.39, 0.29) is 0 Å². The Bertz CT molecular complexity index is 1840. The van der Waals surface area contributed by atoms with Crippen LogP contribution in [0.4, 0.5) is 0 Å². The molecule has 0 bridgehead atoms. The van der Waals surface area contributed by atoms with Crippen molar-refractivity contribution in [3.8, 4) is 77.9 Å². The zero-order valence-corrected chi connectivity index (χ0v) is 23.8. The van der Waals surface area contributed by atoms with Gasteiger partial charge in [-0.25, -0.2) is 0 Å². The molecule has 0 saturated heterocycles. The normalized spacial score (nSPS) is 11.2. The quantitative estimate of drug-likeness (QED) is 0.209. The van der Waals surface area contributed by atoms with Crippen molar-refractivity contribution < 1.29 is 0 Å². The first-order valence-electron chi connectivity index (χ1n) is 14.6. The third-order valence-electron chi connectivity index (χ3n) is 8.28. The zero-order valence-electron chi connectivity index (χ0n) is 23.8. The van der Waals surface area contributed by atoms with Crippen LogP contribution in [0.5, 0.6) is 0 Å². The van der Waals surface area contributed by atoms with Crippen LogP contribution in [0.25, 0.3) is 77.9 Å². The molecule has 4 aliphatic carbocycles. The Morgan fingerprint density at radius 2 is 0.455 bits per heavy atom. The van der Waals surface area contributed by atoms with Crippen molar-refractivity contribution in [3.63, 3.8) is 0 Å². The summed E-state index contributed by atoms with van der Waals surface area (Å²) in [6.07, 6.45) is 15.0. The third kappa shape index (κ3) is 4.24. The number of fused-ring (bicyclic) bond motifs is 2. The van der Waals surface area contributed by atoms with Crippen LogP contribution in [-0.2, 0) is 0 Å². The summed E-state index contributed by atoms with van der Waals surface area (Å²) in [7, 11) is 0. The smallest absolute Gasteiger partial charge is 0.0273 e. The van der Waals surface area contributed by atoms with Crippen LogP contribution in [0, 0.1) is 0 Å². The van der Waals surface area contributed by atoms with Crippen LogP contribution in [0.3, 0.4) is 0 Å². The molecule has 8 rings (SSSR count). The predicted molar refractivity (Wildman–Crippen MR) is 178 cm³/mol. The van der Waals surface area contributed by atoms with Crippen LogP contribution >= 0.6 is 0 Å². The number of nitrogens with zero attached hydrogens (tertiary/aromatic N) is 4. The number of rotatable bonds is 5. The molecule has 4 heteroatoms. The summed E-state index contributed by atoms with van der Waals surface area (Å²) in [5.41, 5.74) is 16.3. The van der Waals surface area contributed by atoms with Gasteiger partial charge < -0.3 is 0 Å². The van der Waals surface area contributed by atoms with Crippen molar-refractivity contribution >= 4 is 0 Å². The van der Waals surface area contributed by atoms with Gasteiger partial charge in [0.15, 0.2) is 0 Å². The van der Waals surface area contributed by atoms with E-state index in [1.165, 1.54) is 55.6 Å². The molecule has 4 nitrogen and oxygen atoms in total. The molecule has 4 aromatic heterocycles. The molecule has 4 aromatic rings. The van der Waals surface area contributed by atoms with Gasteiger partial charge in [0.25, 0.3) is 0 Å². The first-order chi connectivity index (χ1) is 21.9. The van der Waals surface area contributed by atoms with Crippen LogP contribution < -0.4 is 0 Å². The SMILES string of the molecule is c1ccc2c(-c3ccncc3)c(-c3c(-c4ccncc4)c4cccccc-4c3-c3ccncc3)c(-c3ccncc3)c-2cc1. The maximum atomic E-state index is 4.38. The molecule has 0 atom stereocenters. The van der Waals surface area contributed by atoms with Crippen molar-refractivity contribution in [1.29, 1.82) is 0 Å². The van der Waals surface area contributed by atoms with Gasteiger partial charge in [-0.1, -0.05) is 60.7 Å². The second kappa shape index (κ2) is 11.0. The molecule has 0 amide bonds. The second-order valence-corrected chi connectivity index (χ2v) is 10.7. The summed E-state index contributed by atoms with van der Waals surface area (Å²) in [6, 6.07) is 38.5. The molecule has 206 valence electrons. The minimum atomic E-state index is 1.11. The summed E-state index contributed by atoms with van der Waals surface area (Å²) in [5, 5.41) is 0. The molecule has 4 heterocycles. The highest BCUT2D eigenvalue weighted by molar-refractivity contribution is 6.20. The molecule has 0 radical (unpaired) electrons. The maximum absolute atomic E-state index is 4.38. The summed E-state index contributed by atoms with van der Waals surface area (Å²) < 4.78 is 0. The highest BCUT2D eigenvalue weighted by Crippen LogP contribution is 2.60. The lowest BCUT2D eigenvalue weighted by molar-refractivity contribution is 1.33. The van der Waals surface area contributed by atoms with Crippen LogP contribution in [0.15, 0.2) is 159 Å². The average Bonchev–Trinajstić information content (AvgIpc) is 3.30. The van der Waals surface area contributed by atoms with Crippen molar-refractivity contribution in [2.24, 2.45) is 0 Å². The van der Waals surface area contributed by atoms with Gasteiger partial charge >= 0.3 is 0 Å². The minimum Gasteiger partial charge on any atom is -0.265 e. The van der Waals surface area contributed by atoms with Crippen molar-refractivity contribution in [1.82, 2.24) is 19.9 Å². The Kier molecular flexibility index (Phi) is 6.43. The Hall–Kier alpha value is -6.00. The van der Waals surface area contributed by atoms with E-state index in [9.17, 15) is 0 Å². The highest BCUT2D eigenvalue weighted by atomic mass is 14.6. The molecule has 0 N–H and O–H groups in total. The topological polar surface area (TPSA) is 51.6 Å². The van der Waals surface area contributed by atoms with E-state index in [0.29, 0.717) is 0 Å². The van der Waals surface area contributed by atoms with E-state index in [1.54, 1.807) is 0 Å². The van der Waals surface area contributed by atoms with Crippen LogP contribution in [0.1, 0.15) is 0 Å². The lowest BCUT2D eigenvalue weighted by Gasteiger charge is -2.15. The van der Waals surface area contributed by atoms with E-state index in [2.05, 4.69) is 129 Å². The molecule has 0 spiro atoms. The first-order valence-corrected chi connectivity index (χ1v) is 14.6. The van der Waals surface area contributed by atoms with E-state index in [1.807, 2.05) is 49.6 Å². The molecule has 0 aliphatic heterocycles. The molecule has 0 fully saturated rings.